The van der Waals surface area contributed by atoms with Gasteiger partial charge in [-0.25, -0.2) is 4.68 Å². The average Bonchev–Trinajstić information content (AvgIpc) is 2.55. The van der Waals surface area contributed by atoms with Crippen LogP contribution >= 0.6 is 0 Å². The van der Waals surface area contributed by atoms with E-state index in [1.807, 2.05) is 37.3 Å². The molecule has 0 aliphatic carbocycles. The second-order valence-corrected chi connectivity index (χ2v) is 5.84. The van der Waals surface area contributed by atoms with Crippen LogP contribution < -0.4 is 5.56 Å². The molecule has 1 aromatic heterocycles. The van der Waals surface area contributed by atoms with Crippen molar-refractivity contribution in [1.29, 1.82) is 5.26 Å². The Morgan fingerprint density at radius 2 is 1.96 bits per heavy atom. The lowest BCUT2D eigenvalue weighted by molar-refractivity contribution is -0.131. The van der Waals surface area contributed by atoms with Gasteiger partial charge in [-0.05, 0) is 37.5 Å². The molecular formula is C18H20N4O2. The number of rotatable bonds is 4. The molecule has 2 aromatic rings. The van der Waals surface area contributed by atoms with Gasteiger partial charge in [-0.15, -0.1) is 0 Å². The summed E-state index contributed by atoms with van der Waals surface area (Å²) in [6, 6.07) is 9.72. The zero-order valence-electron chi connectivity index (χ0n) is 14.3. The number of nitrogens with zero attached hydrogens (tertiary/aromatic N) is 4. The van der Waals surface area contributed by atoms with Crippen LogP contribution in [0.3, 0.4) is 0 Å². The number of carbonyl (C=O) groups is 1. The maximum atomic E-state index is 12.4. The number of aromatic nitrogens is 2. The van der Waals surface area contributed by atoms with E-state index >= 15 is 0 Å². The maximum Gasteiger partial charge on any atom is 0.285 e. The van der Waals surface area contributed by atoms with Crippen molar-refractivity contribution in [2.24, 2.45) is 0 Å². The smallest absolute Gasteiger partial charge is 0.285 e. The second-order valence-electron chi connectivity index (χ2n) is 5.84. The molecule has 6 nitrogen and oxygen atoms in total. The van der Waals surface area contributed by atoms with Gasteiger partial charge in [0.1, 0.15) is 18.2 Å². The third kappa shape index (κ3) is 3.51. The minimum absolute atomic E-state index is 0.0388. The molecule has 0 bridgehead atoms. The molecule has 0 N–H and O–H groups in total. The number of hydrogen-bond donors (Lipinski definition) is 0. The Morgan fingerprint density at radius 3 is 2.58 bits per heavy atom. The summed E-state index contributed by atoms with van der Waals surface area (Å²) >= 11 is 0. The molecule has 0 fully saturated rings. The van der Waals surface area contributed by atoms with Crippen LogP contribution in [0.2, 0.25) is 0 Å². The molecular weight excluding hydrogens is 304 g/mol. The van der Waals surface area contributed by atoms with Gasteiger partial charge >= 0.3 is 0 Å². The molecule has 2 rings (SSSR count). The van der Waals surface area contributed by atoms with E-state index in [0.717, 1.165) is 15.8 Å². The lowest BCUT2D eigenvalue weighted by atomic mass is 10.1. The van der Waals surface area contributed by atoms with Gasteiger partial charge in [0.25, 0.3) is 5.56 Å². The molecule has 0 saturated heterocycles. The number of nitriles is 1. The fraction of sp³-hybridized carbons (Fsp3) is 0.333. The van der Waals surface area contributed by atoms with E-state index in [2.05, 4.69) is 5.10 Å². The Labute approximate surface area is 141 Å². The molecule has 0 radical (unpaired) electrons. The Bertz CT molecular complexity index is 878. The first-order valence-corrected chi connectivity index (χ1v) is 7.62. The van der Waals surface area contributed by atoms with Crippen molar-refractivity contribution < 1.29 is 4.79 Å². The Morgan fingerprint density at radius 1 is 1.29 bits per heavy atom. The number of benzene rings is 1. The summed E-state index contributed by atoms with van der Waals surface area (Å²) < 4.78 is 1.07. The van der Waals surface area contributed by atoms with Gasteiger partial charge in [-0.2, -0.15) is 10.4 Å². The molecule has 1 heterocycles. The first-order valence-electron chi connectivity index (χ1n) is 7.62. The summed E-state index contributed by atoms with van der Waals surface area (Å²) in [4.78, 5) is 26.2. The van der Waals surface area contributed by atoms with Crippen molar-refractivity contribution >= 4 is 5.91 Å². The summed E-state index contributed by atoms with van der Waals surface area (Å²) in [5.41, 5.74) is 2.78. The minimum Gasteiger partial charge on any atom is -0.340 e. The van der Waals surface area contributed by atoms with E-state index in [1.165, 1.54) is 0 Å². The zero-order valence-corrected chi connectivity index (χ0v) is 14.3. The Balaban J connectivity index is 2.21. The maximum absolute atomic E-state index is 12.4. The van der Waals surface area contributed by atoms with Crippen molar-refractivity contribution in [2.75, 3.05) is 7.05 Å². The second kappa shape index (κ2) is 7.09. The zero-order chi connectivity index (χ0) is 17.9. The predicted octanol–water partition coefficient (Wildman–Crippen LogP) is 1.70. The van der Waals surface area contributed by atoms with Crippen LogP contribution in [-0.2, 0) is 17.9 Å². The highest BCUT2D eigenvalue weighted by Crippen LogP contribution is 2.10. The van der Waals surface area contributed by atoms with Gasteiger partial charge < -0.3 is 4.90 Å². The number of amides is 1. The van der Waals surface area contributed by atoms with E-state index < -0.39 is 5.56 Å². The highest BCUT2D eigenvalue weighted by Gasteiger charge is 2.16. The SMILES string of the molecule is Cc1ccccc1CN(C)C(=O)Cn1nc(C)c(C)c(C#N)c1=O. The van der Waals surface area contributed by atoms with Crippen LogP contribution in [0.1, 0.15) is 27.9 Å². The minimum atomic E-state index is -0.529. The number of carbonyl (C=O) groups excluding carboxylic acids is 1. The van der Waals surface area contributed by atoms with E-state index in [9.17, 15) is 9.59 Å². The molecule has 0 saturated carbocycles. The Kier molecular flexibility index (Phi) is 5.14. The van der Waals surface area contributed by atoms with Crippen molar-refractivity contribution in [2.45, 2.75) is 33.9 Å². The summed E-state index contributed by atoms with van der Waals surface area (Å²) in [6.07, 6.45) is 0. The van der Waals surface area contributed by atoms with Gasteiger partial charge in [0.05, 0.1) is 5.69 Å². The quantitative estimate of drug-likeness (QED) is 0.857. The molecule has 0 unspecified atom stereocenters. The lowest BCUT2D eigenvalue weighted by Crippen LogP contribution is -2.36. The largest absolute Gasteiger partial charge is 0.340 e. The normalized spacial score (nSPS) is 10.3. The van der Waals surface area contributed by atoms with Crippen LogP contribution in [0.25, 0.3) is 0 Å². The van der Waals surface area contributed by atoms with E-state index in [-0.39, 0.29) is 18.0 Å². The van der Waals surface area contributed by atoms with Crippen LogP contribution in [0.15, 0.2) is 29.1 Å². The number of hydrogen-bond acceptors (Lipinski definition) is 4. The monoisotopic (exact) mass is 324 g/mol. The van der Waals surface area contributed by atoms with Gasteiger partial charge in [0, 0.05) is 13.6 Å². The fourth-order valence-corrected chi connectivity index (χ4v) is 2.39. The van der Waals surface area contributed by atoms with Crippen molar-refractivity contribution in [1.82, 2.24) is 14.7 Å². The van der Waals surface area contributed by atoms with E-state index in [4.69, 9.17) is 5.26 Å². The van der Waals surface area contributed by atoms with Crippen LogP contribution in [0, 0.1) is 32.1 Å². The standard InChI is InChI=1S/C18H20N4O2/c1-12-7-5-6-8-15(12)10-21(4)17(23)11-22-18(24)16(9-19)13(2)14(3)20-22/h5-8H,10-11H2,1-4H3. The molecule has 0 aliphatic rings. The summed E-state index contributed by atoms with van der Waals surface area (Å²) in [5.74, 6) is -0.236. The molecule has 1 amide bonds. The molecule has 0 atom stereocenters. The Hall–Kier alpha value is -2.94. The van der Waals surface area contributed by atoms with Gasteiger partial charge in [0.15, 0.2) is 0 Å². The van der Waals surface area contributed by atoms with Gasteiger partial charge in [0.2, 0.25) is 5.91 Å². The highest BCUT2D eigenvalue weighted by atomic mass is 16.2. The summed E-state index contributed by atoms with van der Waals surface area (Å²) in [5, 5.41) is 13.3. The first kappa shape index (κ1) is 17.4. The summed E-state index contributed by atoms with van der Waals surface area (Å²) in [6.45, 7) is 5.65. The molecule has 24 heavy (non-hydrogen) atoms. The van der Waals surface area contributed by atoms with Gasteiger partial charge in [-0.3, -0.25) is 9.59 Å². The van der Waals surface area contributed by atoms with Crippen molar-refractivity contribution in [3.8, 4) is 6.07 Å². The highest BCUT2D eigenvalue weighted by molar-refractivity contribution is 5.75. The van der Waals surface area contributed by atoms with Crippen LogP contribution in [-0.4, -0.2) is 27.6 Å². The molecule has 0 aliphatic heterocycles. The molecule has 0 spiro atoms. The third-order valence-corrected chi connectivity index (χ3v) is 4.13. The number of aryl methyl sites for hydroxylation is 2. The van der Waals surface area contributed by atoms with Crippen molar-refractivity contribution in [3.05, 3.63) is 62.6 Å². The molecule has 6 heteroatoms. The summed E-state index contributed by atoms with van der Waals surface area (Å²) in [7, 11) is 1.69. The predicted molar refractivity (Wildman–Crippen MR) is 90.3 cm³/mol. The topological polar surface area (TPSA) is 79.0 Å². The first-order chi connectivity index (χ1) is 11.3. The average molecular weight is 324 g/mol. The van der Waals surface area contributed by atoms with Crippen LogP contribution in [0.5, 0.6) is 0 Å². The van der Waals surface area contributed by atoms with Gasteiger partial charge in [-0.1, -0.05) is 24.3 Å². The van der Waals surface area contributed by atoms with E-state index in [1.54, 1.807) is 25.8 Å². The van der Waals surface area contributed by atoms with Crippen LogP contribution in [0.4, 0.5) is 0 Å². The third-order valence-electron chi connectivity index (χ3n) is 4.13. The molecule has 1 aromatic carbocycles. The number of likely N-dealkylation sites (N-methyl/N-ethyl adjacent to an activating group) is 1. The van der Waals surface area contributed by atoms with Crippen molar-refractivity contribution in [3.63, 3.8) is 0 Å². The fourth-order valence-electron chi connectivity index (χ4n) is 2.39. The van der Waals surface area contributed by atoms with E-state index in [0.29, 0.717) is 17.8 Å². The lowest BCUT2D eigenvalue weighted by Gasteiger charge is -2.19. The molecule has 124 valence electrons.